The van der Waals surface area contributed by atoms with Crippen LogP contribution in [-0.4, -0.2) is 29.6 Å². The summed E-state index contributed by atoms with van der Waals surface area (Å²) in [6.45, 7) is 8.52. The molecule has 0 aromatic heterocycles. The molecule has 1 aromatic carbocycles. The second kappa shape index (κ2) is 7.49. The summed E-state index contributed by atoms with van der Waals surface area (Å²) in [6.07, 6.45) is 1.76. The van der Waals surface area contributed by atoms with Gasteiger partial charge in [-0.3, -0.25) is 0 Å². The summed E-state index contributed by atoms with van der Waals surface area (Å²) < 4.78 is 13.2. The number of benzene rings is 1. The van der Waals surface area contributed by atoms with Crippen LogP contribution in [0.15, 0.2) is 18.2 Å². The third-order valence-corrected chi connectivity index (χ3v) is 3.27. The van der Waals surface area contributed by atoms with Crippen LogP contribution in [0.5, 0.6) is 0 Å². The lowest BCUT2D eigenvalue weighted by molar-refractivity contribution is 0.115. The quantitative estimate of drug-likeness (QED) is 0.806. The fourth-order valence-electron chi connectivity index (χ4n) is 1.99. The Morgan fingerprint density at radius 3 is 2.61 bits per heavy atom. The van der Waals surface area contributed by atoms with Crippen LogP contribution in [0.2, 0.25) is 0 Å². The highest BCUT2D eigenvalue weighted by Gasteiger charge is 2.13. The van der Waals surface area contributed by atoms with E-state index in [0.29, 0.717) is 12.1 Å². The molecule has 0 radical (unpaired) electrons. The van der Waals surface area contributed by atoms with Crippen LogP contribution in [0.4, 0.5) is 4.39 Å². The Hall–Kier alpha value is -0.930. The molecule has 0 aliphatic carbocycles. The first-order chi connectivity index (χ1) is 8.58. The van der Waals surface area contributed by atoms with Crippen LogP contribution in [0.25, 0.3) is 0 Å². The molecule has 1 unspecified atom stereocenters. The fraction of sp³-hybridized carbons (Fsp3) is 0.600. The average Bonchev–Trinajstić information content (AvgIpc) is 2.37. The molecule has 1 N–H and O–H groups in total. The fourth-order valence-corrected chi connectivity index (χ4v) is 1.99. The molecule has 3 heteroatoms. The molecule has 0 aliphatic rings. The van der Waals surface area contributed by atoms with Crippen molar-refractivity contribution in [3.63, 3.8) is 0 Å². The van der Waals surface area contributed by atoms with Crippen LogP contribution in [-0.2, 0) is 0 Å². The first kappa shape index (κ1) is 15.1. The zero-order valence-electron chi connectivity index (χ0n) is 11.6. The molecular formula is C15H24FNO. The highest BCUT2D eigenvalue weighted by molar-refractivity contribution is 5.25. The first-order valence-corrected chi connectivity index (χ1v) is 6.75. The van der Waals surface area contributed by atoms with Crippen molar-refractivity contribution in [2.24, 2.45) is 0 Å². The zero-order chi connectivity index (χ0) is 13.5. The molecule has 0 saturated carbocycles. The van der Waals surface area contributed by atoms with Gasteiger partial charge in [-0.25, -0.2) is 4.39 Å². The molecule has 0 amide bonds. The van der Waals surface area contributed by atoms with Crippen LogP contribution in [0.3, 0.4) is 0 Å². The van der Waals surface area contributed by atoms with E-state index in [4.69, 9.17) is 0 Å². The van der Waals surface area contributed by atoms with Gasteiger partial charge in [0.15, 0.2) is 0 Å². The Morgan fingerprint density at radius 1 is 1.33 bits per heavy atom. The lowest BCUT2D eigenvalue weighted by atomic mass is 10.1. The van der Waals surface area contributed by atoms with Gasteiger partial charge in [-0.05, 0) is 43.6 Å². The summed E-state index contributed by atoms with van der Waals surface area (Å²) in [5, 5.41) is 10.2. The van der Waals surface area contributed by atoms with Crippen LogP contribution in [0.1, 0.15) is 43.9 Å². The number of halogens is 1. The number of hydrogen-bond acceptors (Lipinski definition) is 2. The van der Waals surface area contributed by atoms with E-state index in [9.17, 15) is 9.50 Å². The van der Waals surface area contributed by atoms with Crippen molar-refractivity contribution in [2.45, 2.75) is 39.7 Å². The Labute approximate surface area is 109 Å². The number of unbranched alkanes of at least 4 members (excludes halogenated alkanes) is 1. The highest BCUT2D eigenvalue weighted by Crippen LogP contribution is 2.18. The van der Waals surface area contributed by atoms with Crippen LogP contribution >= 0.6 is 0 Å². The maximum atomic E-state index is 13.2. The molecule has 1 aromatic rings. The smallest absolute Gasteiger partial charge is 0.126 e. The second-order valence-electron chi connectivity index (χ2n) is 4.77. The van der Waals surface area contributed by atoms with Crippen molar-refractivity contribution in [1.82, 2.24) is 4.90 Å². The van der Waals surface area contributed by atoms with Gasteiger partial charge < -0.3 is 10.0 Å². The van der Waals surface area contributed by atoms with Gasteiger partial charge in [0, 0.05) is 6.54 Å². The average molecular weight is 253 g/mol. The van der Waals surface area contributed by atoms with Crippen LogP contribution in [0, 0.1) is 12.7 Å². The Kier molecular flexibility index (Phi) is 6.30. The minimum Gasteiger partial charge on any atom is -0.387 e. The minimum atomic E-state index is -0.541. The molecule has 0 bridgehead atoms. The standard InChI is InChI=1S/C15H24FNO/c1-4-6-9-17(5-2)11-15(18)13-7-8-14(16)12(3)10-13/h7-8,10,15,18H,4-6,9,11H2,1-3H3. The molecule has 102 valence electrons. The van der Waals surface area contributed by atoms with Gasteiger partial charge in [-0.15, -0.1) is 0 Å². The number of rotatable bonds is 7. The molecule has 0 fully saturated rings. The van der Waals surface area contributed by atoms with Crippen molar-refractivity contribution >= 4 is 0 Å². The molecule has 1 atom stereocenters. The maximum absolute atomic E-state index is 13.2. The van der Waals surface area contributed by atoms with Gasteiger partial charge >= 0.3 is 0 Å². The second-order valence-corrected chi connectivity index (χ2v) is 4.77. The molecule has 0 saturated heterocycles. The van der Waals surface area contributed by atoms with E-state index >= 15 is 0 Å². The summed E-state index contributed by atoms with van der Waals surface area (Å²) in [7, 11) is 0. The van der Waals surface area contributed by atoms with Gasteiger partial charge in [0.05, 0.1) is 6.10 Å². The number of aliphatic hydroxyl groups excluding tert-OH is 1. The molecule has 2 nitrogen and oxygen atoms in total. The van der Waals surface area contributed by atoms with E-state index < -0.39 is 6.10 Å². The van der Waals surface area contributed by atoms with Gasteiger partial charge in [0.2, 0.25) is 0 Å². The van der Waals surface area contributed by atoms with Crippen molar-refractivity contribution in [2.75, 3.05) is 19.6 Å². The summed E-state index contributed by atoms with van der Waals surface area (Å²) in [5.41, 5.74) is 1.38. The normalized spacial score (nSPS) is 13.0. The minimum absolute atomic E-state index is 0.218. The SMILES string of the molecule is CCCCN(CC)CC(O)c1ccc(F)c(C)c1. The number of nitrogens with zero attached hydrogens (tertiary/aromatic N) is 1. The Bertz CT molecular complexity index is 368. The topological polar surface area (TPSA) is 23.5 Å². The highest BCUT2D eigenvalue weighted by atomic mass is 19.1. The Balaban J connectivity index is 2.62. The summed E-state index contributed by atoms with van der Waals surface area (Å²) in [6, 6.07) is 4.82. The van der Waals surface area contributed by atoms with E-state index in [1.165, 1.54) is 6.07 Å². The van der Waals surface area contributed by atoms with E-state index in [2.05, 4.69) is 18.7 Å². The predicted octanol–water partition coefficient (Wildman–Crippen LogP) is 3.29. The lowest BCUT2D eigenvalue weighted by Crippen LogP contribution is -2.29. The molecule has 0 spiro atoms. The monoisotopic (exact) mass is 253 g/mol. The van der Waals surface area contributed by atoms with Gasteiger partial charge in [0.1, 0.15) is 5.82 Å². The summed E-state index contributed by atoms with van der Waals surface area (Å²) in [4.78, 5) is 2.23. The summed E-state index contributed by atoms with van der Waals surface area (Å²) >= 11 is 0. The third kappa shape index (κ3) is 4.39. The molecular weight excluding hydrogens is 229 g/mol. The van der Waals surface area contributed by atoms with Gasteiger partial charge in [-0.1, -0.05) is 32.4 Å². The van der Waals surface area contributed by atoms with Crippen molar-refractivity contribution in [1.29, 1.82) is 0 Å². The zero-order valence-corrected chi connectivity index (χ0v) is 11.6. The molecule has 0 heterocycles. The van der Waals surface area contributed by atoms with Crippen molar-refractivity contribution in [3.8, 4) is 0 Å². The van der Waals surface area contributed by atoms with Gasteiger partial charge in [0.25, 0.3) is 0 Å². The number of aryl methyl sites for hydroxylation is 1. The first-order valence-electron chi connectivity index (χ1n) is 6.75. The summed E-state index contributed by atoms with van der Waals surface area (Å²) in [5.74, 6) is -0.218. The number of hydrogen-bond donors (Lipinski definition) is 1. The number of likely N-dealkylation sites (N-methyl/N-ethyl adjacent to an activating group) is 1. The van der Waals surface area contributed by atoms with Gasteiger partial charge in [-0.2, -0.15) is 0 Å². The van der Waals surface area contributed by atoms with Crippen molar-refractivity contribution < 1.29 is 9.50 Å². The maximum Gasteiger partial charge on any atom is 0.126 e. The Morgan fingerprint density at radius 2 is 2.06 bits per heavy atom. The molecule has 18 heavy (non-hydrogen) atoms. The predicted molar refractivity (Wildman–Crippen MR) is 73.1 cm³/mol. The molecule has 1 rings (SSSR count). The van der Waals surface area contributed by atoms with E-state index in [0.717, 1.165) is 31.5 Å². The number of aliphatic hydroxyl groups is 1. The largest absolute Gasteiger partial charge is 0.387 e. The lowest BCUT2D eigenvalue weighted by Gasteiger charge is -2.23. The van der Waals surface area contributed by atoms with Crippen LogP contribution < -0.4 is 0 Å². The molecule has 0 aliphatic heterocycles. The van der Waals surface area contributed by atoms with E-state index in [1.807, 2.05) is 0 Å². The third-order valence-electron chi connectivity index (χ3n) is 3.27. The van der Waals surface area contributed by atoms with E-state index in [-0.39, 0.29) is 5.82 Å². The van der Waals surface area contributed by atoms with Crippen molar-refractivity contribution in [3.05, 3.63) is 35.1 Å². The van der Waals surface area contributed by atoms with E-state index in [1.54, 1.807) is 19.1 Å².